The standard InChI is InChI=1S/C15H27N5.HI/c1-12-9-18-19(10-12)8-7-17-13(16-6)20-11-14(2,3)15(20,4)5;/h9-10H,7-8,11H2,1-6H3,(H,16,17);1H. The van der Waals surface area contributed by atoms with E-state index in [-0.39, 0.29) is 29.5 Å². The average Bonchev–Trinajstić information content (AvgIpc) is 2.78. The fourth-order valence-electron chi connectivity index (χ4n) is 2.57. The van der Waals surface area contributed by atoms with Gasteiger partial charge < -0.3 is 10.2 Å². The highest BCUT2D eigenvalue weighted by Crippen LogP contribution is 2.46. The van der Waals surface area contributed by atoms with E-state index in [1.807, 2.05) is 17.9 Å². The number of hydrogen-bond donors (Lipinski definition) is 1. The summed E-state index contributed by atoms with van der Waals surface area (Å²) in [5.74, 6) is 0.984. The van der Waals surface area contributed by atoms with E-state index in [1.54, 1.807) is 0 Å². The molecule has 0 radical (unpaired) electrons. The third-order valence-electron chi connectivity index (χ3n) is 4.74. The molecule has 0 spiro atoms. The second-order valence-electron chi connectivity index (χ2n) is 6.78. The Labute approximate surface area is 145 Å². The molecule has 0 unspecified atom stereocenters. The molecule has 120 valence electrons. The van der Waals surface area contributed by atoms with Crippen molar-refractivity contribution in [2.24, 2.45) is 10.4 Å². The molecule has 1 N–H and O–H groups in total. The van der Waals surface area contributed by atoms with Crippen LogP contribution in [0.25, 0.3) is 0 Å². The number of rotatable bonds is 3. The zero-order chi connectivity index (χ0) is 15.0. The normalized spacial score (nSPS) is 19.7. The van der Waals surface area contributed by atoms with E-state index in [0.717, 1.165) is 25.6 Å². The first-order valence-corrected chi connectivity index (χ1v) is 7.25. The van der Waals surface area contributed by atoms with Gasteiger partial charge in [0, 0.05) is 37.3 Å². The van der Waals surface area contributed by atoms with Crippen molar-refractivity contribution < 1.29 is 0 Å². The molecule has 1 aliphatic heterocycles. The van der Waals surface area contributed by atoms with E-state index in [0.29, 0.717) is 5.41 Å². The number of aryl methyl sites for hydroxylation is 1. The molecule has 1 saturated heterocycles. The van der Waals surface area contributed by atoms with Crippen LogP contribution in [0.15, 0.2) is 17.4 Å². The summed E-state index contributed by atoms with van der Waals surface area (Å²) in [4.78, 5) is 6.76. The number of aliphatic imine (C=N–C) groups is 1. The Hall–Kier alpha value is -0.790. The number of nitrogens with zero attached hydrogens (tertiary/aromatic N) is 4. The zero-order valence-corrected chi connectivity index (χ0v) is 16.3. The molecule has 5 nitrogen and oxygen atoms in total. The molecule has 1 aromatic heterocycles. The molecule has 0 amide bonds. The Morgan fingerprint density at radius 3 is 2.48 bits per heavy atom. The lowest BCUT2D eigenvalue weighted by atomic mass is 9.65. The average molecular weight is 405 g/mol. The summed E-state index contributed by atoms with van der Waals surface area (Å²) in [5, 5.41) is 7.73. The molecule has 0 atom stereocenters. The molecule has 1 fully saturated rings. The zero-order valence-electron chi connectivity index (χ0n) is 14.0. The number of halogens is 1. The summed E-state index contributed by atoms with van der Waals surface area (Å²) < 4.78 is 1.96. The van der Waals surface area contributed by atoms with Crippen molar-refractivity contribution in [2.45, 2.75) is 46.7 Å². The molecule has 0 saturated carbocycles. The van der Waals surface area contributed by atoms with Gasteiger partial charge in [-0.05, 0) is 26.3 Å². The molecular weight excluding hydrogens is 377 g/mol. The highest BCUT2D eigenvalue weighted by Gasteiger charge is 2.53. The summed E-state index contributed by atoms with van der Waals surface area (Å²) in [5.41, 5.74) is 1.65. The van der Waals surface area contributed by atoms with Crippen LogP contribution in [0.5, 0.6) is 0 Å². The first-order chi connectivity index (χ1) is 9.28. The maximum absolute atomic E-state index is 4.41. The molecule has 21 heavy (non-hydrogen) atoms. The number of aromatic nitrogens is 2. The second-order valence-corrected chi connectivity index (χ2v) is 6.78. The predicted molar refractivity (Wildman–Crippen MR) is 98.3 cm³/mol. The molecule has 0 aromatic carbocycles. The lowest BCUT2D eigenvalue weighted by molar-refractivity contribution is -0.0667. The smallest absolute Gasteiger partial charge is 0.194 e. The van der Waals surface area contributed by atoms with Crippen LogP contribution in [-0.2, 0) is 6.54 Å². The lowest BCUT2D eigenvalue weighted by Gasteiger charge is -2.62. The van der Waals surface area contributed by atoms with E-state index in [4.69, 9.17) is 0 Å². The minimum atomic E-state index is 0. The molecule has 0 aliphatic carbocycles. The Morgan fingerprint density at radius 2 is 2.05 bits per heavy atom. The minimum Gasteiger partial charge on any atom is -0.354 e. The van der Waals surface area contributed by atoms with E-state index >= 15 is 0 Å². The van der Waals surface area contributed by atoms with Crippen LogP contribution in [0.1, 0.15) is 33.3 Å². The van der Waals surface area contributed by atoms with Gasteiger partial charge in [0.1, 0.15) is 0 Å². The van der Waals surface area contributed by atoms with Gasteiger partial charge in [0.15, 0.2) is 5.96 Å². The molecule has 1 aliphatic rings. The third kappa shape index (κ3) is 3.52. The van der Waals surface area contributed by atoms with Crippen molar-refractivity contribution in [3.63, 3.8) is 0 Å². The van der Waals surface area contributed by atoms with Crippen LogP contribution >= 0.6 is 24.0 Å². The van der Waals surface area contributed by atoms with Gasteiger partial charge >= 0.3 is 0 Å². The number of likely N-dealkylation sites (tertiary alicyclic amines) is 1. The fourth-order valence-corrected chi connectivity index (χ4v) is 2.57. The summed E-state index contributed by atoms with van der Waals surface area (Å²) in [6.07, 6.45) is 3.94. The van der Waals surface area contributed by atoms with Crippen LogP contribution in [0, 0.1) is 12.3 Å². The lowest BCUT2D eigenvalue weighted by Crippen LogP contribution is -2.72. The molecule has 2 rings (SSSR count). The number of guanidine groups is 1. The summed E-state index contributed by atoms with van der Waals surface area (Å²) >= 11 is 0. The summed E-state index contributed by atoms with van der Waals surface area (Å²) in [6.45, 7) is 14.0. The van der Waals surface area contributed by atoms with Crippen molar-refractivity contribution in [3.8, 4) is 0 Å². The molecule has 1 aromatic rings. The Morgan fingerprint density at radius 1 is 1.38 bits per heavy atom. The summed E-state index contributed by atoms with van der Waals surface area (Å²) in [7, 11) is 1.85. The van der Waals surface area contributed by atoms with Crippen molar-refractivity contribution in [1.29, 1.82) is 0 Å². The van der Waals surface area contributed by atoms with Crippen molar-refractivity contribution in [1.82, 2.24) is 20.0 Å². The Bertz CT molecular complexity index is 504. The first kappa shape index (κ1) is 18.3. The monoisotopic (exact) mass is 405 g/mol. The van der Waals surface area contributed by atoms with E-state index in [1.165, 1.54) is 5.56 Å². The van der Waals surface area contributed by atoms with E-state index in [2.05, 4.69) is 61.1 Å². The Balaban J connectivity index is 0.00000220. The highest BCUT2D eigenvalue weighted by molar-refractivity contribution is 14.0. The van der Waals surface area contributed by atoms with Crippen molar-refractivity contribution >= 4 is 29.9 Å². The molecule has 2 heterocycles. The predicted octanol–water partition coefficient (Wildman–Crippen LogP) is 2.51. The van der Waals surface area contributed by atoms with Gasteiger partial charge in [0.25, 0.3) is 0 Å². The van der Waals surface area contributed by atoms with Crippen LogP contribution < -0.4 is 5.32 Å². The van der Waals surface area contributed by atoms with Gasteiger partial charge in [-0.15, -0.1) is 24.0 Å². The van der Waals surface area contributed by atoms with Gasteiger partial charge in [-0.2, -0.15) is 5.10 Å². The number of hydrogen-bond acceptors (Lipinski definition) is 2. The quantitative estimate of drug-likeness (QED) is 0.478. The second kappa shape index (κ2) is 6.54. The SMILES string of the molecule is CN=C(NCCn1cc(C)cn1)N1CC(C)(C)C1(C)C.I. The van der Waals surface area contributed by atoms with Gasteiger partial charge in [-0.25, -0.2) is 0 Å². The van der Waals surface area contributed by atoms with Gasteiger partial charge in [0.05, 0.1) is 12.7 Å². The maximum Gasteiger partial charge on any atom is 0.194 e. The first-order valence-electron chi connectivity index (χ1n) is 7.25. The van der Waals surface area contributed by atoms with Crippen LogP contribution in [-0.4, -0.2) is 46.3 Å². The van der Waals surface area contributed by atoms with Crippen LogP contribution in [0.3, 0.4) is 0 Å². The van der Waals surface area contributed by atoms with Crippen LogP contribution in [0.4, 0.5) is 0 Å². The van der Waals surface area contributed by atoms with Gasteiger partial charge in [-0.3, -0.25) is 9.67 Å². The van der Waals surface area contributed by atoms with E-state index < -0.39 is 0 Å². The summed E-state index contributed by atoms with van der Waals surface area (Å²) in [6, 6.07) is 0. The van der Waals surface area contributed by atoms with Gasteiger partial charge in [0.2, 0.25) is 0 Å². The topological polar surface area (TPSA) is 45.5 Å². The minimum absolute atomic E-state index is 0. The maximum atomic E-state index is 4.41. The highest BCUT2D eigenvalue weighted by atomic mass is 127. The third-order valence-corrected chi connectivity index (χ3v) is 4.74. The van der Waals surface area contributed by atoms with E-state index in [9.17, 15) is 0 Å². The molecule has 6 heteroatoms. The molecule has 0 bridgehead atoms. The fraction of sp³-hybridized carbons (Fsp3) is 0.733. The Kier molecular flexibility index (Phi) is 5.69. The number of nitrogens with one attached hydrogen (secondary N) is 1. The largest absolute Gasteiger partial charge is 0.354 e. The van der Waals surface area contributed by atoms with Crippen LogP contribution in [0.2, 0.25) is 0 Å². The molecular formula is C15H28IN5. The van der Waals surface area contributed by atoms with Crippen molar-refractivity contribution in [2.75, 3.05) is 20.1 Å². The van der Waals surface area contributed by atoms with Crippen molar-refractivity contribution in [3.05, 3.63) is 18.0 Å². The van der Waals surface area contributed by atoms with Gasteiger partial charge in [-0.1, -0.05) is 13.8 Å².